The van der Waals surface area contributed by atoms with Crippen molar-refractivity contribution in [1.29, 1.82) is 0 Å². The van der Waals surface area contributed by atoms with Gasteiger partial charge in [-0.3, -0.25) is 14.6 Å². The van der Waals surface area contributed by atoms with Gasteiger partial charge in [0.1, 0.15) is 0 Å². The van der Waals surface area contributed by atoms with Gasteiger partial charge in [-0.05, 0) is 6.07 Å². The van der Waals surface area contributed by atoms with Crippen molar-refractivity contribution in [3.05, 3.63) is 29.6 Å². The van der Waals surface area contributed by atoms with E-state index in [0.29, 0.717) is 37.3 Å². The first kappa shape index (κ1) is 15.0. The zero-order valence-corrected chi connectivity index (χ0v) is 12.0. The van der Waals surface area contributed by atoms with Crippen LogP contribution in [0.5, 0.6) is 0 Å². The maximum Gasteiger partial charge on any atom is 0.255 e. The van der Waals surface area contributed by atoms with Crippen LogP contribution in [0.2, 0.25) is 0 Å². The maximum absolute atomic E-state index is 12.6. The fourth-order valence-electron chi connectivity index (χ4n) is 2.22. The first-order chi connectivity index (χ1) is 10.1. The molecule has 2 amide bonds. The zero-order valence-electron chi connectivity index (χ0n) is 12.0. The molecule has 0 saturated carbocycles. The van der Waals surface area contributed by atoms with Crippen molar-refractivity contribution in [2.24, 2.45) is 5.73 Å². The molecule has 21 heavy (non-hydrogen) atoms. The number of carbonyl (C=O) groups is 2. The summed E-state index contributed by atoms with van der Waals surface area (Å²) in [6, 6.07) is 1.67. The third-order valence-corrected chi connectivity index (χ3v) is 3.39. The molecular formula is C15H18N4O2. The quantitative estimate of drug-likeness (QED) is 0.719. The number of amides is 2. The van der Waals surface area contributed by atoms with Crippen molar-refractivity contribution in [3.63, 3.8) is 0 Å². The summed E-state index contributed by atoms with van der Waals surface area (Å²) in [5.41, 5.74) is 6.48. The summed E-state index contributed by atoms with van der Waals surface area (Å²) in [5.74, 6) is 5.57. The van der Waals surface area contributed by atoms with Crippen LogP contribution < -0.4 is 5.73 Å². The first-order valence-electron chi connectivity index (χ1n) is 6.81. The van der Waals surface area contributed by atoms with Gasteiger partial charge in [-0.1, -0.05) is 11.8 Å². The molecule has 0 aliphatic carbocycles. The molecule has 0 unspecified atom stereocenters. The Bertz CT molecular complexity index is 595. The molecule has 1 aliphatic rings. The Morgan fingerprint density at radius 3 is 2.57 bits per heavy atom. The van der Waals surface area contributed by atoms with Crippen LogP contribution in [-0.2, 0) is 4.79 Å². The fraction of sp³-hybridized carbons (Fsp3) is 0.400. The van der Waals surface area contributed by atoms with E-state index < -0.39 is 0 Å². The Hall–Kier alpha value is -2.39. The van der Waals surface area contributed by atoms with E-state index >= 15 is 0 Å². The molecule has 110 valence electrons. The number of piperazine rings is 1. The van der Waals surface area contributed by atoms with E-state index in [4.69, 9.17) is 5.73 Å². The van der Waals surface area contributed by atoms with Gasteiger partial charge in [0.05, 0.1) is 17.7 Å². The Kier molecular flexibility index (Phi) is 4.90. The number of aromatic nitrogens is 1. The highest BCUT2D eigenvalue weighted by molar-refractivity contribution is 5.96. The van der Waals surface area contributed by atoms with E-state index in [1.165, 1.54) is 0 Å². The van der Waals surface area contributed by atoms with Crippen LogP contribution in [0.3, 0.4) is 0 Å². The predicted octanol–water partition coefficient (Wildman–Crippen LogP) is -0.304. The molecule has 2 rings (SSSR count). The van der Waals surface area contributed by atoms with Gasteiger partial charge in [-0.25, -0.2) is 0 Å². The van der Waals surface area contributed by atoms with Crippen molar-refractivity contribution < 1.29 is 9.59 Å². The van der Waals surface area contributed by atoms with Crippen molar-refractivity contribution in [2.45, 2.75) is 6.92 Å². The highest BCUT2D eigenvalue weighted by Crippen LogP contribution is 2.12. The lowest BCUT2D eigenvalue weighted by Gasteiger charge is -2.34. The number of hydrogen-bond acceptors (Lipinski definition) is 4. The summed E-state index contributed by atoms with van der Waals surface area (Å²) in [6.07, 6.45) is 3.15. The van der Waals surface area contributed by atoms with Crippen LogP contribution in [0.25, 0.3) is 0 Å². The van der Waals surface area contributed by atoms with Gasteiger partial charge in [0.15, 0.2) is 0 Å². The van der Waals surface area contributed by atoms with Gasteiger partial charge in [0, 0.05) is 45.5 Å². The summed E-state index contributed by atoms with van der Waals surface area (Å²) in [6.45, 7) is 3.97. The molecule has 0 radical (unpaired) electrons. The Morgan fingerprint density at radius 1 is 1.29 bits per heavy atom. The number of carbonyl (C=O) groups excluding carboxylic acids is 2. The average Bonchev–Trinajstić information content (AvgIpc) is 2.52. The lowest BCUT2D eigenvalue weighted by atomic mass is 10.1. The maximum atomic E-state index is 12.6. The van der Waals surface area contributed by atoms with Crippen LogP contribution in [0.4, 0.5) is 0 Å². The SMILES string of the molecule is CC(=O)N1CCN(C(=O)c2ccncc2C#CCN)CC1. The smallest absolute Gasteiger partial charge is 0.255 e. The Labute approximate surface area is 123 Å². The number of hydrogen-bond donors (Lipinski definition) is 1. The average molecular weight is 286 g/mol. The number of rotatable bonds is 1. The second-order valence-corrected chi connectivity index (χ2v) is 4.73. The topological polar surface area (TPSA) is 79.5 Å². The van der Waals surface area contributed by atoms with Crippen LogP contribution in [-0.4, -0.2) is 59.3 Å². The molecule has 0 atom stereocenters. The largest absolute Gasteiger partial charge is 0.339 e. The molecule has 0 bridgehead atoms. The third kappa shape index (κ3) is 3.58. The summed E-state index contributed by atoms with van der Waals surface area (Å²) in [5, 5.41) is 0. The van der Waals surface area contributed by atoms with Gasteiger partial charge in [-0.2, -0.15) is 0 Å². The van der Waals surface area contributed by atoms with Crippen LogP contribution in [0.15, 0.2) is 18.5 Å². The predicted molar refractivity (Wildman–Crippen MR) is 78.3 cm³/mol. The molecule has 1 fully saturated rings. The lowest BCUT2D eigenvalue weighted by Crippen LogP contribution is -2.50. The molecular weight excluding hydrogens is 268 g/mol. The number of nitrogens with zero attached hydrogens (tertiary/aromatic N) is 3. The molecule has 6 nitrogen and oxygen atoms in total. The normalized spacial score (nSPS) is 14.4. The molecule has 1 saturated heterocycles. The van der Waals surface area contributed by atoms with Crippen LogP contribution in [0.1, 0.15) is 22.8 Å². The van der Waals surface area contributed by atoms with Crippen LogP contribution in [0, 0.1) is 11.8 Å². The fourth-order valence-corrected chi connectivity index (χ4v) is 2.22. The van der Waals surface area contributed by atoms with Crippen molar-refractivity contribution in [3.8, 4) is 11.8 Å². The minimum absolute atomic E-state index is 0.0421. The molecule has 2 N–H and O–H groups in total. The van der Waals surface area contributed by atoms with Gasteiger partial charge in [0.2, 0.25) is 5.91 Å². The molecule has 1 aromatic rings. The zero-order chi connectivity index (χ0) is 15.2. The first-order valence-corrected chi connectivity index (χ1v) is 6.81. The minimum Gasteiger partial charge on any atom is -0.339 e. The number of nitrogens with two attached hydrogens (primary N) is 1. The van der Waals surface area contributed by atoms with E-state index in [1.807, 2.05) is 0 Å². The molecule has 0 spiro atoms. The van der Waals surface area contributed by atoms with Crippen molar-refractivity contribution >= 4 is 11.8 Å². The summed E-state index contributed by atoms with van der Waals surface area (Å²) in [7, 11) is 0. The highest BCUT2D eigenvalue weighted by Gasteiger charge is 2.24. The van der Waals surface area contributed by atoms with Crippen molar-refractivity contribution in [1.82, 2.24) is 14.8 Å². The monoisotopic (exact) mass is 286 g/mol. The Balaban J connectivity index is 2.13. The van der Waals surface area contributed by atoms with Gasteiger partial charge in [0.25, 0.3) is 5.91 Å². The van der Waals surface area contributed by atoms with E-state index in [0.717, 1.165) is 0 Å². The molecule has 6 heteroatoms. The second kappa shape index (κ2) is 6.86. The molecule has 1 aromatic heterocycles. The summed E-state index contributed by atoms with van der Waals surface area (Å²) < 4.78 is 0. The van der Waals surface area contributed by atoms with Gasteiger partial charge < -0.3 is 15.5 Å². The van der Waals surface area contributed by atoms with E-state index in [-0.39, 0.29) is 18.4 Å². The highest BCUT2D eigenvalue weighted by atomic mass is 16.2. The molecule has 2 heterocycles. The minimum atomic E-state index is -0.0816. The van der Waals surface area contributed by atoms with Crippen LogP contribution >= 0.6 is 0 Å². The van der Waals surface area contributed by atoms with Gasteiger partial charge >= 0.3 is 0 Å². The summed E-state index contributed by atoms with van der Waals surface area (Å²) in [4.78, 5) is 31.3. The van der Waals surface area contributed by atoms with E-state index in [1.54, 1.807) is 35.2 Å². The second-order valence-electron chi connectivity index (χ2n) is 4.73. The number of pyridine rings is 1. The standard InChI is InChI=1S/C15H18N4O2/c1-12(20)18-7-9-19(10-8-18)15(21)14-4-6-17-11-13(14)3-2-5-16/h4,6,11H,5,7-10,16H2,1H3. The molecule has 1 aliphatic heterocycles. The molecule has 0 aromatic carbocycles. The van der Waals surface area contributed by atoms with Crippen molar-refractivity contribution in [2.75, 3.05) is 32.7 Å². The van der Waals surface area contributed by atoms with E-state index in [9.17, 15) is 9.59 Å². The lowest BCUT2D eigenvalue weighted by molar-refractivity contribution is -0.130. The Morgan fingerprint density at radius 2 is 1.95 bits per heavy atom. The van der Waals surface area contributed by atoms with E-state index in [2.05, 4.69) is 16.8 Å². The third-order valence-electron chi connectivity index (χ3n) is 3.39. The summed E-state index contributed by atoms with van der Waals surface area (Å²) >= 11 is 0. The van der Waals surface area contributed by atoms with Gasteiger partial charge in [-0.15, -0.1) is 0 Å².